The number of carbonyl (C=O) groups excluding carboxylic acids is 2. The molecule has 2 heterocycles. The van der Waals surface area contributed by atoms with Gasteiger partial charge in [-0.15, -0.1) is 11.3 Å². The molecule has 2 amide bonds. The van der Waals surface area contributed by atoms with Gasteiger partial charge in [0.2, 0.25) is 0 Å². The van der Waals surface area contributed by atoms with E-state index >= 15 is 0 Å². The van der Waals surface area contributed by atoms with Crippen molar-refractivity contribution in [2.45, 2.75) is 16.8 Å². The second-order valence-corrected chi connectivity index (χ2v) is 10.3. The first-order chi connectivity index (χ1) is 14.3. The molecule has 3 rings (SSSR count). The maximum atomic E-state index is 13.6. The number of nitrogens with two attached hydrogens (primary N) is 1. The normalized spacial score (nSPS) is 17.7. The van der Waals surface area contributed by atoms with E-state index < -0.39 is 33.8 Å². The second-order valence-electron chi connectivity index (χ2n) is 6.49. The second kappa shape index (κ2) is 9.40. The van der Waals surface area contributed by atoms with Crippen molar-refractivity contribution in [3.63, 3.8) is 0 Å². The summed E-state index contributed by atoms with van der Waals surface area (Å²) in [6, 6.07) is 7.82. The molecule has 1 aliphatic rings. The Morgan fingerprint density at radius 1 is 1.27 bits per heavy atom. The van der Waals surface area contributed by atoms with Crippen LogP contribution in [0.25, 0.3) is 0 Å². The van der Waals surface area contributed by atoms with Crippen molar-refractivity contribution in [2.24, 2.45) is 5.73 Å². The number of nitrogens with one attached hydrogen (secondary N) is 1. The van der Waals surface area contributed by atoms with Gasteiger partial charge >= 0.3 is 0 Å². The molecule has 0 bridgehead atoms. The number of benzene rings is 1. The number of nitrogens with zero attached hydrogens (tertiary/aromatic N) is 2. The molecular weight excluding hydrogens is 455 g/mol. The Bertz CT molecular complexity index is 1050. The number of sulfonamides is 1. The van der Waals surface area contributed by atoms with Gasteiger partial charge in [0.15, 0.2) is 6.17 Å². The molecule has 30 heavy (non-hydrogen) atoms. The topological polar surface area (TPSA) is 113 Å². The van der Waals surface area contributed by atoms with E-state index in [1.54, 1.807) is 0 Å². The third-order valence-electron chi connectivity index (χ3n) is 4.47. The average Bonchev–Trinajstić information content (AvgIpc) is 3.18. The van der Waals surface area contributed by atoms with Gasteiger partial charge in [-0.25, -0.2) is 12.8 Å². The maximum Gasteiger partial charge on any atom is 0.259 e. The largest absolute Gasteiger partial charge is 0.352 e. The zero-order chi connectivity index (χ0) is 21.9. The van der Waals surface area contributed by atoms with Gasteiger partial charge in [-0.2, -0.15) is 4.31 Å². The van der Waals surface area contributed by atoms with Gasteiger partial charge in [-0.3, -0.25) is 9.59 Å². The Hall–Kier alpha value is -2.05. The van der Waals surface area contributed by atoms with Crippen LogP contribution in [0.3, 0.4) is 0 Å². The lowest BCUT2D eigenvalue weighted by Crippen LogP contribution is -2.63. The molecular formula is C18H20ClFN4O4S2. The predicted molar refractivity (Wildman–Crippen MR) is 111 cm³/mol. The van der Waals surface area contributed by atoms with Crippen molar-refractivity contribution in [3.05, 3.63) is 52.1 Å². The predicted octanol–water partition coefficient (Wildman–Crippen LogP) is 1.48. The maximum absolute atomic E-state index is 13.6. The summed E-state index contributed by atoms with van der Waals surface area (Å²) in [5.41, 5.74) is 5.46. The minimum Gasteiger partial charge on any atom is -0.352 e. The first kappa shape index (κ1) is 22.6. The van der Waals surface area contributed by atoms with Gasteiger partial charge in [0.1, 0.15) is 10.0 Å². The molecule has 1 fully saturated rings. The lowest BCUT2D eigenvalue weighted by atomic mass is 10.1. The molecule has 3 N–H and O–H groups in total. The summed E-state index contributed by atoms with van der Waals surface area (Å²) < 4.78 is 41.3. The molecule has 162 valence electrons. The number of thiophene rings is 1. The molecule has 0 spiro atoms. The van der Waals surface area contributed by atoms with Gasteiger partial charge in [0.25, 0.3) is 21.8 Å². The van der Waals surface area contributed by atoms with Crippen LogP contribution >= 0.6 is 22.9 Å². The molecule has 8 nitrogen and oxygen atoms in total. The van der Waals surface area contributed by atoms with E-state index in [0.717, 1.165) is 26.6 Å². The van der Waals surface area contributed by atoms with E-state index in [-0.39, 0.29) is 40.3 Å². The molecule has 0 saturated carbocycles. The molecule has 1 aliphatic heterocycles. The molecule has 1 atom stereocenters. The number of halogens is 2. The summed E-state index contributed by atoms with van der Waals surface area (Å²) in [5.74, 6) is -1.94. The Kier molecular flexibility index (Phi) is 7.09. The summed E-state index contributed by atoms with van der Waals surface area (Å²) in [4.78, 5) is 27.1. The van der Waals surface area contributed by atoms with Gasteiger partial charge in [-0.1, -0.05) is 17.7 Å². The standard InChI is InChI=1S/C18H20ClFN4O4S2/c19-14-5-6-15(29-14)30(27,28)24-10-2-9-23(17(24)16(25)22-8-7-21)18(26)12-3-1-4-13(20)11-12/h1,3-6,11,17H,2,7-10,21H2,(H,22,25). The molecule has 1 aromatic carbocycles. The summed E-state index contributed by atoms with van der Waals surface area (Å²) >= 11 is 6.75. The van der Waals surface area contributed by atoms with E-state index in [4.69, 9.17) is 17.3 Å². The number of rotatable bonds is 6. The molecule has 0 radical (unpaired) electrons. The van der Waals surface area contributed by atoms with Crippen LogP contribution in [-0.4, -0.2) is 61.8 Å². The molecule has 1 unspecified atom stereocenters. The molecule has 1 aromatic heterocycles. The minimum absolute atomic E-state index is 0.0186. The van der Waals surface area contributed by atoms with E-state index in [0.29, 0.717) is 6.42 Å². The smallest absolute Gasteiger partial charge is 0.259 e. The van der Waals surface area contributed by atoms with E-state index in [2.05, 4.69) is 5.32 Å². The average molecular weight is 475 g/mol. The SMILES string of the molecule is NCCNC(=O)C1N(C(=O)c2cccc(F)c2)CCCN1S(=O)(=O)c1ccc(Cl)s1. The fourth-order valence-electron chi connectivity index (χ4n) is 3.16. The van der Waals surface area contributed by atoms with Crippen molar-refractivity contribution < 1.29 is 22.4 Å². The Morgan fingerprint density at radius 2 is 2.03 bits per heavy atom. The number of hydrogen-bond donors (Lipinski definition) is 2. The highest BCUT2D eigenvalue weighted by Gasteiger charge is 2.44. The van der Waals surface area contributed by atoms with Gasteiger partial charge in [0, 0.05) is 31.7 Å². The highest BCUT2D eigenvalue weighted by molar-refractivity contribution is 7.91. The van der Waals surface area contributed by atoms with Crippen LogP contribution in [0.4, 0.5) is 4.39 Å². The molecule has 0 aliphatic carbocycles. The molecule has 2 aromatic rings. The van der Waals surface area contributed by atoms with Crippen LogP contribution < -0.4 is 11.1 Å². The van der Waals surface area contributed by atoms with Gasteiger partial charge < -0.3 is 16.0 Å². The highest BCUT2D eigenvalue weighted by Crippen LogP contribution is 2.31. The van der Waals surface area contributed by atoms with E-state index in [9.17, 15) is 22.4 Å². The Labute approximate surface area is 182 Å². The van der Waals surface area contributed by atoms with Crippen LogP contribution in [0, 0.1) is 5.82 Å². The summed E-state index contributed by atoms with van der Waals surface area (Å²) in [6.45, 7) is 0.415. The lowest BCUT2D eigenvalue weighted by molar-refractivity contribution is -0.130. The van der Waals surface area contributed by atoms with Crippen molar-refractivity contribution in [1.82, 2.24) is 14.5 Å². The first-order valence-corrected chi connectivity index (χ1v) is 11.7. The fraction of sp³-hybridized carbons (Fsp3) is 0.333. The van der Waals surface area contributed by atoms with Crippen LogP contribution in [0.1, 0.15) is 16.8 Å². The van der Waals surface area contributed by atoms with Crippen LogP contribution in [0.15, 0.2) is 40.6 Å². The highest BCUT2D eigenvalue weighted by atomic mass is 35.5. The first-order valence-electron chi connectivity index (χ1n) is 9.07. The summed E-state index contributed by atoms with van der Waals surface area (Å²) in [5, 5.41) is 2.55. The summed E-state index contributed by atoms with van der Waals surface area (Å²) in [6.07, 6.45) is -1.13. The van der Waals surface area contributed by atoms with Crippen molar-refractivity contribution in [1.29, 1.82) is 0 Å². The van der Waals surface area contributed by atoms with Crippen molar-refractivity contribution in [2.75, 3.05) is 26.2 Å². The third kappa shape index (κ3) is 4.65. The van der Waals surface area contributed by atoms with Gasteiger partial charge in [-0.05, 0) is 36.8 Å². The monoisotopic (exact) mass is 474 g/mol. The lowest BCUT2D eigenvalue weighted by Gasteiger charge is -2.41. The Balaban J connectivity index is 2.01. The van der Waals surface area contributed by atoms with Crippen LogP contribution in [0.2, 0.25) is 4.34 Å². The number of hydrogen-bond acceptors (Lipinski definition) is 6. The quantitative estimate of drug-likeness (QED) is 0.658. The van der Waals surface area contributed by atoms with Crippen LogP contribution in [0.5, 0.6) is 0 Å². The zero-order valence-electron chi connectivity index (χ0n) is 15.8. The van der Waals surface area contributed by atoms with Crippen molar-refractivity contribution >= 4 is 44.8 Å². The van der Waals surface area contributed by atoms with Crippen molar-refractivity contribution in [3.8, 4) is 0 Å². The van der Waals surface area contributed by atoms with Crippen LogP contribution in [-0.2, 0) is 14.8 Å². The zero-order valence-corrected chi connectivity index (χ0v) is 18.1. The molecule has 1 saturated heterocycles. The Morgan fingerprint density at radius 3 is 2.67 bits per heavy atom. The number of amides is 2. The van der Waals surface area contributed by atoms with E-state index in [1.807, 2.05) is 0 Å². The van der Waals surface area contributed by atoms with Gasteiger partial charge in [0.05, 0.1) is 4.34 Å². The minimum atomic E-state index is -4.11. The fourth-order valence-corrected chi connectivity index (χ4v) is 6.36. The third-order valence-corrected chi connectivity index (χ3v) is 8.02. The molecule has 12 heteroatoms. The van der Waals surface area contributed by atoms with E-state index in [1.165, 1.54) is 30.3 Å². The number of carbonyl (C=O) groups is 2. The summed E-state index contributed by atoms with van der Waals surface area (Å²) in [7, 11) is -4.11.